The zero-order chi connectivity index (χ0) is 13.9. The van der Waals surface area contributed by atoms with Crippen LogP contribution in [-0.4, -0.2) is 39.9 Å². The highest BCUT2D eigenvalue weighted by atomic mass is 32.2. The maximum Gasteiger partial charge on any atom is 0.241 e. The van der Waals surface area contributed by atoms with Crippen LogP contribution in [0.4, 0.5) is 5.69 Å². The summed E-state index contributed by atoms with van der Waals surface area (Å²) in [6.07, 6.45) is 0. The first-order valence-electron chi connectivity index (χ1n) is 5.30. The molecular formula is C11H17N3O3S. The standard InChI is InChI=1S/C11H17N3O3S/c1-8-4-5-9(12)6-10(8)18(16,17)13-7-11(15)14(2)3/h4-6,13H,7,12H2,1-3H3. The fraction of sp³-hybridized carbons (Fsp3) is 0.364. The van der Waals surface area contributed by atoms with E-state index in [0.717, 1.165) is 0 Å². The molecule has 0 saturated heterocycles. The number of sulfonamides is 1. The topological polar surface area (TPSA) is 92.5 Å². The molecule has 0 bridgehead atoms. The van der Waals surface area contributed by atoms with Gasteiger partial charge in [-0.25, -0.2) is 13.1 Å². The maximum absolute atomic E-state index is 12.0. The Kier molecular flexibility index (Phi) is 4.31. The smallest absolute Gasteiger partial charge is 0.241 e. The number of likely N-dealkylation sites (N-methyl/N-ethyl adjacent to an activating group) is 1. The van der Waals surface area contributed by atoms with Crippen LogP contribution in [-0.2, 0) is 14.8 Å². The summed E-state index contributed by atoms with van der Waals surface area (Å²) in [5.41, 5.74) is 6.50. The number of nitrogens with one attached hydrogen (secondary N) is 1. The van der Waals surface area contributed by atoms with E-state index >= 15 is 0 Å². The van der Waals surface area contributed by atoms with Crippen molar-refractivity contribution in [2.75, 3.05) is 26.4 Å². The molecule has 0 radical (unpaired) electrons. The molecule has 3 N–H and O–H groups in total. The largest absolute Gasteiger partial charge is 0.399 e. The Morgan fingerprint density at radius 2 is 2.00 bits per heavy atom. The summed E-state index contributed by atoms with van der Waals surface area (Å²) < 4.78 is 26.2. The molecule has 0 heterocycles. The molecule has 0 atom stereocenters. The average Bonchev–Trinajstić information content (AvgIpc) is 2.29. The first-order valence-corrected chi connectivity index (χ1v) is 6.78. The number of amides is 1. The van der Waals surface area contributed by atoms with Crippen LogP contribution in [0.5, 0.6) is 0 Å². The number of hydrogen-bond donors (Lipinski definition) is 2. The van der Waals surface area contributed by atoms with Crippen molar-refractivity contribution in [3.8, 4) is 0 Å². The van der Waals surface area contributed by atoms with Crippen molar-refractivity contribution in [2.24, 2.45) is 0 Å². The van der Waals surface area contributed by atoms with Crippen LogP contribution in [0.1, 0.15) is 5.56 Å². The predicted octanol–water partition coefficient (Wildman–Crippen LogP) is -0.0563. The number of nitrogens with two attached hydrogens (primary N) is 1. The van der Waals surface area contributed by atoms with Gasteiger partial charge in [-0.1, -0.05) is 6.07 Å². The van der Waals surface area contributed by atoms with E-state index in [-0.39, 0.29) is 17.3 Å². The maximum atomic E-state index is 12.0. The molecule has 1 rings (SSSR count). The van der Waals surface area contributed by atoms with Crippen molar-refractivity contribution in [3.05, 3.63) is 23.8 Å². The van der Waals surface area contributed by atoms with Crippen molar-refractivity contribution in [3.63, 3.8) is 0 Å². The normalized spacial score (nSPS) is 11.3. The molecule has 0 spiro atoms. The van der Waals surface area contributed by atoms with Crippen molar-refractivity contribution < 1.29 is 13.2 Å². The summed E-state index contributed by atoms with van der Waals surface area (Å²) in [4.78, 5) is 12.8. The molecule has 0 aliphatic heterocycles. The number of carbonyl (C=O) groups excluding carboxylic acids is 1. The number of aryl methyl sites for hydroxylation is 1. The highest BCUT2D eigenvalue weighted by molar-refractivity contribution is 7.89. The Bertz CT molecular complexity index is 553. The first kappa shape index (κ1) is 14.5. The van der Waals surface area contributed by atoms with Crippen LogP contribution in [0.2, 0.25) is 0 Å². The fourth-order valence-electron chi connectivity index (χ4n) is 1.30. The highest BCUT2D eigenvalue weighted by Gasteiger charge is 2.18. The minimum Gasteiger partial charge on any atom is -0.399 e. The van der Waals surface area contributed by atoms with Gasteiger partial charge in [0, 0.05) is 19.8 Å². The van der Waals surface area contributed by atoms with Gasteiger partial charge in [-0.3, -0.25) is 4.79 Å². The first-order chi connectivity index (χ1) is 8.24. The number of hydrogen-bond acceptors (Lipinski definition) is 4. The molecule has 1 amide bonds. The van der Waals surface area contributed by atoms with E-state index in [1.54, 1.807) is 33.2 Å². The van der Waals surface area contributed by atoms with Crippen LogP contribution in [0.25, 0.3) is 0 Å². The van der Waals surface area contributed by atoms with E-state index in [1.165, 1.54) is 11.0 Å². The van der Waals surface area contributed by atoms with Crippen LogP contribution >= 0.6 is 0 Å². The second-order valence-electron chi connectivity index (χ2n) is 4.14. The predicted molar refractivity (Wildman–Crippen MR) is 69.5 cm³/mol. The highest BCUT2D eigenvalue weighted by Crippen LogP contribution is 2.17. The van der Waals surface area contributed by atoms with Crippen molar-refractivity contribution in [2.45, 2.75) is 11.8 Å². The summed E-state index contributed by atoms with van der Waals surface area (Å²) in [5, 5.41) is 0. The number of rotatable bonds is 4. The number of carbonyl (C=O) groups is 1. The van der Waals surface area contributed by atoms with Gasteiger partial charge in [0.05, 0.1) is 11.4 Å². The number of benzene rings is 1. The fourth-order valence-corrected chi connectivity index (χ4v) is 2.55. The number of anilines is 1. The number of nitrogen functional groups attached to an aromatic ring is 1. The second kappa shape index (κ2) is 5.36. The molecule has 0 aliphatic carbocycles. The second-order valence-corrected chi connectivity index (χ2v) is 5.87. The Morgan fingerprint density at radius 3 is 2.56 bits per heavy atom. The van der Waals surface area contributed by atoms with Gasteiger partial charge in [-0.15, -0.1) is 0 Å². The Balaban J connectivity index is 2.93. The molecule has 0 unspecified atom stereocenters. The van der Waals surface area contributed by atoms with Gasteiger partial charge in [0.2, 0.25) is 15.9 Å². The lowest BCUT2D eigenvalue weighted by atomic mass is 10.2. The molecule has 1 aromatic carbocycles. The molecule has 7 heteroatoms. The van der Waals surface area contributed by atoms with Crippen LogP contribution in [0.3, 0.4) is 0 Å². The van der Waals surface area contributed by atoms with Gasteiger partial charge >= 0.3 is 0 Å². The van der Waals surface area contributed by atoms with E-state index in [1.807, 2.05) is 0 Å². The van der Waals surface area contributed by atoms with Crippen molar-refractivity contribution in [1.82, 2.24) is 9.62 Å². The lowest BCUT2D eigenvalue weighted by Gasteiger charge is -2.12. The van der Waals surface area contributed by atoms with Gasteiger partial charge in [0.1, 0.15) is 0 Å². The van der Waals surface area contributed by atoms with E-state index in [2.05, 4.69) is 4.72 Å². The molecule has 1 aromatic rings. The lowest BCUT2D eigenvalue weighted by Crippen LogP contribution is -2.36. The molecule has 100 valence electrons. The Hall–Kier alpha value is -1.60. The van der Waals surface area contributed by atoms with Crippen molar-refractivity contribution >= 4 is 21.6 Å². The molecule has 0 saturated carbocycles. The van der Waals surface area contributed by atoms with Crippen LogP contribution in [0, 0.1) is 6.92 Å². The third-order valence-electron chi connectivity index (χ3n) is 2.41. The SMILES string of the molecule is Cc1ccc(N)cc1S(=O)(=O)NCC(=O)N(C)C. The number of nitrogens with zero attached hydrogens (tertiary/aromatic N) is 1. The van der Waals surface area contributed by atoms with E-state index in [4.69, 9.17) is 5.73 Å². The average molecular weight is 271 g/mol. The monoisotopic (exact) mass is 271 g/mol. The summed E-state index contributed by atoms with van der Waals surface area (Å²) in [7, 11) is -0.604. The molecule has 6 nitrogen and oxygen atoms in total. The van der Waals surface area contributed by atoms with E-state index in [9.17, 15) is 13.2 Å². The molecule has 0 fully saturated rings. The molecule has 0 aliphatic rings. The summed E-state index contributed by atoms with van der Waals surface area (Å²) >= 11 is 0. The molecule has 18 heavy (non-hydrogen) atoms. The summed E-state index contributed by atoms with van der Waals surface area (Å²) in [6.45, 7) is 1.39. The van der Waals surface area contributed by atoms with Gasteiger partial charge in [-0.05, 0) is 24.6 Å². The zero-order valence-corrected chi connectivity index (χ0v) is 11.4. The van der Waals surface area contributed by atoms with Gasteiger partial charge in [-0.2, -0.15) is 0 Å². The van der Waals surface area contributed by atoms with Gasteiger partial charge in [0.25, 0.3) is 0 Å². The van der Waals surface area contributed by atoms with Crippen molar-refractivity contribution in [1.29, 1.82) is 0 Å². The lowest BCUT2D eigenvalue weighted by molar-refractivity contribution is -0.127. The molecule has 0 aromatic heterocycles. The van der Waals surface area contributed by atoms with Gasteiger partial charge < -0.3 is 10.6 Å². The third-order valence-corrected chi connectivity index (χ3v) is 3.96. The Labute approximate surface area is 107 Å². The Morgan fingerprint density at radius 1 is 1.39 bits per heavy atom. The minimum atomic E-state index is -3.72. The summed E-state index contributed by atoms with van der Waals surface area (Å²) in [6, 6.07) is 4.62. The van der Waals surface area contributed by atoms with Crippen LogP contribution in [0.15, 0.2) is 23.1 Å². The van der Waals surface area contributed by atoms with Crippen LogP contribution < -0.4 is 10.5 Å². The zero-order valence-electron chi connectivity index (χ0n) is 10.6. The minimum absolute atomic E-state index is 0.0917. The van der Waals surface area contributed by atoms with Gasteiger partial charge in [0.15, 0.2) is 0 Å². The quantitative estimate of drug-likeness (QED) is 0.751. The van der Waals surface area contributed by atoms with E-state index < -0.39 is 10.0 Å². The molecular weight excluding hydrogens is 254 g/mol. The third kappa shape index (κ3) is 3.44. The van der Waals surface area contributed by atoms with E-state index in [0.29, 0.717) is 11.3 Å². The summed E-state index contributed by atoms with van der Waals surface area (Å²) in [5.74, 6) is -0.319.